The van der Waals surface area contributed by atoms with Crippen LogP contribution in [0.2, 0.25) is 5.02 Å². The van der Waals surface area contributed by atoms with Crippen molar-refractivity contribution < 1.29 is 24.4 Å². The summed E-state index contributed by atoms with van der Waals surface area (Å²) in [6.07, 6.45) is 0.00650. The van der Waals surface area contributed by atoms with Gasteiger partial charge in [0.25, 0.3) is 11.6 Å². The molecule has 1 fully saturated rings. The predicted octanol–water partition coefficient (Wildman–Crippen LogP) is 1.61. The molecule has 1 heterocycles. The SMILES string of the molecule is O=C(O)CC1(NC(=O)c2ccc(Cl)cc2[N+](=O)[O-])CCOC1. The van der Waals surface area contributed by atoms with Crippen LogP contribution in [0.4, 0.5) is 5.69 Å². The quantitative estimate of drug-likeness (QED) is 0.626. The number of carboxylic acids is 1. The zero-order valence-corrected chi connectivity index (χ0v) is 12.1. The molecule has 118 valence electrons. The van der Waals surface area contributed by atoms with Gasteiger partial charge in [-0.05, 0) is 18.6 Å². The zero-order valence-electron chi connectivity index (χ0n) is 11.4. The van der Waals surface area contributed by atoms with Crippen LogP contribution < -0.4 is 5.32 Å². The Morgan fingerprint density at radius 1 is 1.50 bits per heavy atom. The van der Waals surface area contributed by atoms with Crippen molar-refractivity contribution in [1.82, 2.24) is 5.32 Å². The second-order valence-electron chi connectivity index (χ2n) is 5.03. The molecule has 9 heteroatoms. The standard InChI is InChI=1S/C13H13ClN2O6/c14-8-1-2-9(10(5-8)16(20)21)12(19)15-13(6-11(17)18)3-4-22-7-13/h1-2,5H,3-4,6-7H2,(H,15,19)(H,17,18). The van der Waals surface area contributed by atoms with Crippen LogP contribution in [0.15, 0.2) is 18.2 Å². The molecule has 0 aromatic heterocycles. The van der Waals surface area contributed by atoms with Gasteiger partial charge in [0.05, 0.1) is 23.5 Å². The number of ether oxygens (including phenoxy) is 1. The smallest absolute Gasteiger partial charge is 0.305 e. The highest BCUT2D eigenvalue weighted by molar-refractivity contribution is 6.31. The highest BCUT2D eigenvalue weighted by Crippen LogP contribution is 2.27. The Hall–Kier alpha value is -2.19. The van der Waals surface area contributed by atoms with Crippen LogP contribution in [0.3, 0.4) is 0 Å². The van der Waals surface area contributed by atoms with Crippen molar-refractivity contribution in [3.05, 3.63) is 38.9 Å². The first kappa shape index (κ1) is 16.2. The summed E-state index contributed by atoms with van der Waals surface area (Å²) >= 11 is 5.70. The highest BCUT2D eigenvalue weighted by Gasteiger charge is 2.39. The first-order valence-electron chi connectivity index (χ1n) is 6.39. The van der Waals surface area contributed by atoms with E-state index in [9.17, 15) is 19.7 Å². The third-order valence-electron chi connectivity index (χ3n) is 3.37. The van der Waals surface area contributed by atoms with E-state index in [1.807, 2.05) is 0 Å². The second-order valence-corrected chi connectivity index (χ2v) is 5.46. The Bertz CT molecular complexity index is 627. The van der Waals surface area contributed by atoms with Gasteiger partial charge in [-0.3, -0.25) is 19.7 Å². The van der Waals surface area contributed by atoms with Gasteiger partial charge in [-0.2, -0.15) is 0 Å². The second kappa shape index (κ2) is 6.29. The van der Waals surface area contributed by atoms with Crippen LogP contribution in [0.1, 0.15) is 23.2 Å². The van der Waals surface area contributed by atoms with Gasteiger partial charge in [0.1, 0.15) is 5.56 Å². The average molecular weight is 329 g/mol. The van der Waals surface area contributed by atoms with E-state index in [4.69, 9.17) is 21.4 Å². The molecule has 0 bridgehead atoms. The first-order chi connectivity index (χ1) is 10.3. The summed E-state index contributed by atoms with van der Waals surface area (Å²) < 4.78 is 5.16. The minimum absolute atomic E-state index is 0.0480. The molecule has 2 rings (SSSR count). The molecular formula is C13H13ClN2O6. The topological polar surface area (TPSA) is 119 Å². The van der Waals surface area contributed by atoms with Crippen molar-refractivity contribution in [1.29, 1.82) is 0 Å². The van der Waals surface area contributed by atoms with Crippen molar-refractivity contribution in [3.63, 3.8) is 0 Å². The molecule has 1 amide bonds. The lowest BCUT2D eigenvalue weighted by molar-refractivity contribution is -0.385. The maximum atomic E-state index is 12.3. The van der Waals surface area contributed by atoms with E-state index < -0.39 is 28.0 Å². The number of nitrogens with one attached hydrogen (secondary N) is 1. The number of carbonyl (C=O) groups is 2. The maximum Gasteiger partial charge on any atom is 0.305 e. The van der Waals surface area contributed by atoms with Crippen LogP contribution >= 0.6 is 11.6 Å². The number of hydrogen-bond acceptors (Lipinski definition) is 5. The maximum absolute atomic E-state index is 12.3. The molecule has 8 nitrogen and oxygen atoms in total. The number of aliphatic carboxylic acids is 1. The fourth-order valence-corrected chi connectivity index (χ4v) is 2.50. The summed E-state index contributed by atoms with van der Waals surface area (Å²) in [5, 5.41) is 22.7. The molecule has 1 unspecified atom stereocenters. The minimum atomic E-state index is -1.09. The Labute approximate surface area is 130 Å². The zero-order chi connectivity index (χ0) is 16.3. The number of carboxylic acid groups (broad SMARTS) is 1. The number of rotatable bonds is 5. The van der Waals surface area contributed by atoms with Gasteiger partial charge in [-0.1, -0.05) is 11.6 Å². The van der Waals surface area contributed by atoms with E-state index in [-0.39, 0.29) is 23.6 Å². The number of benzene rings is 1. The molecule has 0 spiro atoms. The van der Waals surface area contributed by atoms with Crippen LogP contribution in [-0.4, -0.2) is 40.7 Å². The minimum Gasteiger partial charge on any atom is -0.481 e. The number of nitrogens with zero attached hydrogens (tertiary/aromatic N) is 1. The number of carbonyl (C=O) groups excluding carboxylic acids is 1. The van der Waals surface area contributed by atoms with Crippen molar-refractivity contribution in [3.8, 4) is 0 Å². The third kappa shape index (κ3) is 3.52. The van der Waals surface area contributed by atoms with Crippen molar-refractivity contribution in [2.75, 3.05) is 13.2 Å². The molecule has 0 saturated carbocycles. The number of nitro groups is 1. The number of amides is 1. The highest BCUT2D eigenvalue weighted by atomic mass is 35.5. The largest absolute Gasteiger partial charge is 0.481 e. The summed E-state index contributed by atoms with van der Waals surface area (Å²) in [5.74, 6) is -1.81. The Balaban J connectivity index is 2.28. The summed E-state index contributed by atoms with van der Waals surface area (Å²) in [6, 6.07) is 3.67. The van der Waals surface area contributed by atoms with Gasteiger partial charge in [-0.25, -0.2) is 0 Å². The molecule has 0 radical (unpaired) electrons. The van der Waals surface area contributed by atoms with Crippen molar-refractivity contribution in [2.24, 2.45) is 0 Å². The summed E-state index contributed by atoms with van der Waals surface area (Å²) in [5.41, 5.74) is -1.67. The summed E-state index contributed by atoms with van der Waals surface area (Å²) in [7, 11) is 0. The summed E-state index contributed by atoms with van der Waals surface area (Å²) in [4.78, 5) is 33.6. The van der Waals surface area contributed by atoms with Gasteiger partial charge in [0.2, 0.25) is 0 Å². The molecule has 22 heavy (non-hydrogen) atoms. The molecule has 2 N–H and O–H groups in total. The molecule has 1 atom stereocenters. The number of nitro benzene ring substituents is 1. The van der Waals surface area contributed by atoms with Crippen molar-refractivity contribution in [2.45, 2.75) is 18.4 Å². The van der Waals surface area contributed by atoms with Crippen LogP contribution in [0.5, 0.6) is 0 Å². The molecule has 0 aliphatic carbocycles. The monoisotopic (exact) mass is 328 g/mol. The molecule has 1 aliphatic heterocycles. The molecule has 1 aromatic carbocycles. The van der Waals surface area contributed by atoms with E-state index in [0.29, 0.717) is 13.0 Å². The lowest BCUT2D eigenvalue weighted by Gasteiger charge is -2.26. The van der Waals surface area contributed by atoms with E-state index >= 15 is 0 Å². The lowest BCUT2D eigenvalue weighted by atomic mass is 9.93. The number of halogens is 1. The molecule has 1 aliphatic rings. The number of hydrogen-bond donors (Lipinski definition) is 2. The van der Waals surface area contributed by atoms with Crippen LogP contribution in [-0.2, 0) is 9.53 Å². The molecule has 1 saturated heterocycles. The van der Waals surface area contributed by atoms with E-state index in [2.05, 4.69) is 5.32 Å². The average Bonchev–Trinajstić information content (AvgIpc) is 2.85. The lowest BCUT2D eigenvalue weighted by Crippen LogP contribution is -2.50. The third-order valence-corrected chi connectivity index (χ3v) is 3.61. The van der Waals surface area contributed by atoms with Gasteiger partial charge >= 0.3 is 5.97 Å². The van der Waals surface area contributed by atoms with Gasteiger partial charge in [-0.15, -0.1) is 0 Å². The Kier molecular flexibility index (Phi) is 4.62. The summed E-state index contributed by atoms with van der Waals surface area (Å²) in [6.45, 7) is 0.364. The first-order valence-corrected chi connectivity index (χ1v) is 6.77. The van der Waals surface area contributed by atoms with E-state index in [1.54, 1.807) is 0 Å². The van der Waals surface area contributed by atoms with Gasteiger partial charge in [0.15, 0.2) is 0 Å². The van der Waals surface area contributed by atoms with Gasteiger partial charge < -0.3 is 15.2 Å². The van der Waals surface area contributed by atoms with Crippen molar-refractivity contribution >= 4 is 29.2 Å². The van der Waals surface area contributed by atoms with E-state index in [0.717, 1.165) is 6.07 Å². The Morgan fingerprint density at radius 2 is 2.23 bits per heavy atom. The normalized spacial score (nSPS) is 20.6. The molecular weight excluding hydrogens is 316 g/mol. The van der Waals surface area contributed by atoms with E-state index in [1.165, 1.54) is 12.1 Å². The van der Waals surface area contributed by atoms with Gasteiger partial charge in [0, 0.05) is 17.7 Å². The fraction of sp³-hybridized carbons (Fsp3) is 0.385. The molecule has 1 aromatic rings. The Morgan fingerprint density at radius 3 is 2.77 bits per heavy atom. The van der Waals surface area contributed by atoms with Crippen LogP contribution in [0, 0.1) is 10.1 Å². The fourth-order valence-electron chi connectivity index (χ4n) is 2.33. The predicted molar refractivity (Wildman–Crippen MR) is 76.0 cm³/mol. The van der Waals surface area contributed by atoms with Crippen LogP contribution in [0.25, 0.3) is 0 Å².